The Morgan fingerprint density at radius 2 is 1.60 bits per heavy atom. The van der Waals surface area contributed by atoms with Crippen LogP contribution in [0.3, 0.4) is 0 Å². The minimum Gasteiger partial charge on any atom is -0.393 e. The maximum atomic E-state index is 10.1. The van der Waals surface area contributed by atoms with Crippen molar-refractivity contribution in [1.82, 2.24) is 9.80 Å². The lowest BCUT2D eigenvalue weighted by atomic mass is 9.87. The SMILES string of the molecule is CC(C)(C)C(O)CCN1CCC(CN2CCCC2)CC1. The van der Waals surface area contributed by atoms with Gasteiger partial charge in [0.1, 0.15) is 0 Å². The number of nitrogens with zero attached hydrogens (tertiary/aromatic N) is 2. The van der Waals surface area contributed by atoms with Gasteiger partial charge in [0.2, 0.25) is 0 Å². The van der Waals surface area contributed by atoms with Gasteiger partial charge in [-0.05, 0) is 69.6 Å². The maximum absolute atomic E-state index is 10.1. The van der Waals surface area contributed by atoms with Gasteiger partial charge in [-0.3, -0.25) is 0 Å². The molecule has 1 N–H and O–H groups in total. The van der Waals surface area contributed by atoms with Crippen LogP contribution in [0.4, 0.5) is 0 Å². The van der Waals surface area contributed by atoms with Crippen LogP contribution in [-0.4, -0.2) is 60.3 Å². The third-order valence-electron chi connectivity index (χ3n) is 5.14. The molecule has 0 aromatic heterocycles. The van der Waals surface area contributed by atoms with Crippen molar-refractivity contribution in [3.8, 4) is 0 Å². The van der Waals surface area contributed by atoms with Gasteiger partial charge in [0.05, 0.1) is 6.10 Å². The molecular formula is C17H34N2O. The first-order chi connectivity index (χ1) is 9.45. The van der Waals surface area contributed by atoms with Crippen LogP contribution in [0.1, 0.15) is 52.9 Å². The molecule has 0 aliphatic carbocycles. The predicted octanol–water partition coefficient (Wildman–Crippen LogP) is 2.59. The topological polar surface area (TPSA) is 26.7 Å². The number of hydrogen-bond donors (Lipinski definition) is 1. The Balaban J connectivity index is 1.61. The second kappa shape index (κ2) is 7.24. The summed E-state index contributed by atoms with van der Waals surface area (Å²) in [5.41, 5.74) is 0.0219. The molecule has 0 aromatic carbocycles. The summed E-state index contributed by atoms with van der Waals surface area (Å²) in [6, 6.07) is 0. The highest BCUT2D eigenvalue weighted by Gasteiger charge is 2.25. The molecule has 2 heterocycles. The molecule has 118 valence electrons. The van der Waals surface area contributed by atoms with Crippen molar-refractivity contribution in [3.05, 3.63) is 0 Å². The van der Waals surface area contributed by atoms with Gasteiger partial charge in [0.15, 0.2) is 0 Å². The molecule has 2 aliphatic rings. The Morgan fingerprint density at radius 3 is 2.15 bits per heavy atom. The highest BCUT2D eigenvalue weighted by atomic mass is 16.3. The molecule has 0 aromatic rings. The lowest BCUT2D eigenvalue weighted by molar-refractivity contribution is 0.0407. The second-order valence-corrected chi connectivity index (χ2v) is 7.96. The number of hydrogen-bond acceptors (Lipinski definition) is 3. The van der Waals surface area contributed by atoms with Crippen molar-refractivity contribution in [3.63, 3.8) is 0 Å². The van der Waals surface area contributed by atoms with Crippen molar-refractivity contribution in [1.29, 1.82) is 0 Å². The summed E-state index contributed by atoms with van der Waals surface area (Å²) in [6.45, 7) is 13.9. The molecule has 0 saturated carbocycles. The van der Waals surface area contributed by atoms with E-state index < -0.39 is 0 Å². The molecule has 1 unspecified atom stereocenters. The smallest absolute Gasteiger partial charge is 0.0600 e. The Kier molecular flexibility index (Phi) is 5.88. The van der Waals surface area contributed by atoms with E-state index in [1.165, 1.54) is 58.4 Å². The minimum absolute atomic E-state index is 0.0219. The summed E-state index contributed by atoms with van der Waals surface area (Å²) >= 11 is 0. The van der Waals surface area contributed by atoms with Crippen molar-refractivity contribution in [2.24, 2.45) is 11.3 Å². The highest BCUT2D eigenvalue weighted by Crippen LogP contribution is 2.24. The number of aliphatic hydroxyl groups is 1. The number of rotatable bonds is 5. The Bertz CT molecular complexity index is 273. The third kappa shape index (κ3) is 5.01. The molecule has 0 amide bonds. The summed E-state index contributed by atoms with van der Waals surface area (Å²) < 4.78 is 0. The van der Waals surface area contributed by atoms with Gasteiger partial charge in [-0.2, -0.15) is 0 Å². The first-order valence-electron chi connectivity index (χ1n) is 8.58. The van der Waals surface area contributed by atoms with Crippen LogP contribution in [-0.2, 0) is 0 Å². The first kappa shape index (κ1) is 16.3. The molecule has 2 aliphatic heterocycles. The van der Waals surface area contributed by atoms with Crippen LogP contribution in [0.25, 0.3) is 0 Å². The lowest BCUT2D eigenvalue weighted by Crippen LogP contribution is -2.40. The molecule has 0 bridgehead atoms. The molecule has 1 atom stereocenters. The molecule has 2 rings (SSSR count). The number of aliphatic hydroxyl groups excluding tert-OH is 1. The fourth-order valence-electron chi connectivity index (χ4n) is 3.46. The van der Waals surface area contributed by atoms with Gasteiger partial charge >= 0.3 is 0 Å². The van der Waals surface area contributed by atoms with E-state index in [0.717, 1.165) is 18.9 Å². The van der Waals surface area contributed by atoms with Gasteiger partial charge in [-0.1, -0.05) is 20.8 Å². The van der Waals surface area contributed by atoms with E-state index in [1.807, 2.05) is 0 Å². The van der Waals surface area contributed by atoms with Crippen molar-refractivity contribution >= 4 is 0 Å². The fourth-order valence-corrected chi connectivity index (χ4v) is 3.46. The van der Waals surface area contributed by atoms with E-state index in [2.05, 4.69) is 30.6 Å². The summed E-state index contributed by atoms with van der Waals surface area (Å²) in [4.78, 5) is 5.21. The quantitative estimate of drug-likeness (QED) is 0.839. The summed E-state index contributed by atoms with van der Waals surface area (Å²) in [5.74, 6) is 0.914. The molecule has 2 fully saturated rings. The van der Waals surface area contributed by atoms with Crippen LogP contribution in [0.15, 0.2) is 0 Å². The molecule has 0 radical (unpaired) electrons. The number of likely N-dealkylation sites (tertiary alicyclic amines) is 2. The van der Waals surface area contributed by atoms with Gasteiger partial charge < -0.3 is 14.9 Å². The van der Waals surface area contributed by atoms with Crippen LogP contribution in [0, 0.1) is 11.3 Å². The van der Waals surface area contributed by atoms with Crippen molar-refractivity contribution in [2.75, 3.05) is 39.3 Å². The standard InChI is InChI=1S/C17H34N2O/c1-17(2,3)16(20)8-13-18-11-6-15(7-12-18)14-19-9-4-5-10-19/h15-16,20H,4-14H2,1-3H3. The van der Waals surface area contributed by atoms with Gasteiger partial charge in [0.25, 0.3) is 0 Å². The molecule has 2 saturated heterocycles. The van der Waals surface area contributed by atoms with Gasteiger partial charge in [-0.25, -0.2) is 0 Å². The Labute approximate surface area is 125 Å². The zero-order chi connectivity index (χ0) is 14.6. The summed E-state index contributed by atoms with van der Waals surface area (Å²) in [6.07, 6.45) is 6.25. The fraction of sp³-hybridized carbons (Fsp3) is 1.00. The summed E-state index contributed by atoms with van der Waals surface area (Å²) in [5, 5.41) is 10.1. The van der Waals surface area contributed by atoms with Crippen molar-refractivity contribution in [2.45, 2.75) is 59.0 Å². The minimum atomic E-state index is -0.176. The van der Waals surface area contributed by atoms with Crippen LogP contribution >= 0.6 is 0 Å². The molecular weight excluding hydrogens is 248 g/mol. The van der Waals surface area contributed by atoms with Crippen LogP contribution < -0.4 is 0 Å². The highest BCUT2D eigenvalue weighted by molar-refractivity contribution is 4.79. The average Bonchev–Trinajstić information content (AvgIpc) is 2.89. The monoisotopic (exact) mass is 282 g/mol. The normalized spacial score (nSPS) is 25.2. The molecule has 0 spiro atoms. The predicted molar refractivity (Wildman–Crippen MR) is 84.9 cm³/mol. The number of piperidine rings is 1. The third-order valence-corrected chi connectivity index (χ3v) is 5.14. The van der Waals surface area contributed by atoms with E-state index in [9.17, 15) is 5.11 Å². The molecule has 3 nitrogen and oxygen atoms in total. The van der Waals surface area contributed by atoms with Crippen molar-refractivity contribution < 1.29 is 5.11 Å². The largest absolute Gasteiger partial charge is 0.393 e. The molecule has 3 heteroatoms. The van der Waals surface area contributed by atoms with E-state index in [0.29, 0.717) is 0 Å². The zero-order valence-electron chi connectivity index (χ0n) is 13.8. The van der Waals surface area contributed by atoms with E-state index >= 15 is 0 Å². The van der Waals surface area contributed by atoms with Gasteiger partial charge in [-0.15, -0.1) is 0 Å². The van der Waals surface area contributed by atoms with E-state index in [4.69, 9.17) is 0 Å². The zero-order valence-corrected chi connectivity index (χ0v) is 13.8. The van der Waals surface area contributed by atoms with E-state index in [-0.39, 0.29) is 11.5 Å². The average molecular weight is 282 g/mol. The van der Waals surface area contributed by atoms with Gasteiger partial charge in [0, 0.05) is 13.1 Å². The Hall–Kier alpha value is -0.120. The summed E-state index contributed by atoms with van der Waals surface area (Å²) in [7, 11) is 0. The second-order valence-electron chi connectivity index (χ2n) is 7.96. The lowest BCUT2D eigenvalue weighted by Gasteiger charge is -2.35. The van der Waals surface area contributed by atoms with Crippen LogP contribution in [0.5, 0.6) is 0 Å². The van der Waals surface area contributed by atoms with E-state index in [1.54, 1.807) is 0 Å². The molecule has 20 heavy (non-hydrogen) atoms. The van der Waals surface area contributed by atoms with Crippen LogP contribution in [0.2, 0.25) is 0 Å². The maximum Gasteiger partial charge on any atom is 0.0600 e. The first-order valence-corrected chi connectivity index (χ1v) is 8.58. The Morgan fingerprint density at radius 1 is 1.00 bits per heavy atom.